The highest BCUT2D eigenvalue weighted by atomic mass is 32.1. The van der Waals surface area contributed by atoms with Crippen molar-refractivity contribution in [3.8, 4) is 5.69 Å². The van der Waals surface area contributed by atoms with Crippen LogP contribution in [0.25, 0.3) is 5.69 Å². The van der Waals surface area contributed by atoms with Crippen molar-refractivity contribution in [1.82, 2.24) is 14.9 Å². The summed E-state index contributed by atoms with van der Waals surface area (Å²) in [5.41, 5.74) is 5.72. The molecule has 0 spiro atoms. The molecule has 3 heterocycles. The fourth-order valence-corrected chi connectivity index (χ4v) is 5.05. The van der Waals surface area contributed by atoms with Crippen LogP contribution in [-0.4, -0.2) is 27.7 Å². The normalized spacial score (nSPS) is 17.3. The smallest absolute Gasteiger partial charge is 0.337 e. The van der Waals surface area contributed by atoms with Gasteiger partial charge in [-0.05, 0) is 84.4 Å². The summed E-state index contributed by atoms with van der Waals surface area (Å²) in [5.74, 6) is 0.0934. The van der Waals surface area contributed by atoms with Gasteiger partial charge in [0.25, 0.3) is 0 Å². The first-order valence-corrected chi connectivity index (χ1v) is 12.4. The van der Waals surface area contributed by atoms with E-state index in [9.17, 15) is 4.79 Å². The van der Waals surface area contributed by atoms with Gasteiger partial charge >= 0.3 is 5.97 Å². The highest BCUT2D eigenvalue weighted by Crippen LogP contribution is 2.42. The van der Waals surface area contributed by atoms with Gasteiger partial charge in [0.05, 0.1) is 24.4 Å². The lowest BCUT2D eigenvalue weighted by Gasteiger charge is -2.29. The number of carbonyl (C=O) groups is 1. The van der Waals surface area contributed by atoms with E-state index in [1.54, 1.807) is 12.1 Å². The molecule has 0 unspecified atom stereocenters. The Morgan fingerprint density at radius 1 is 0.972 bits per heavy atom. The summed E-state index contributed by atoms with van der Waals surface area (Å²) in [6.45, 7) is 4.38. The second-order valence-corrected chi connectivity index (χ2v) is 9.47. The number of anilines is 1. The molecule has 0 bridgehead atoms. The maximum Gasteiger partial charge on any atom is 0.337 e. The molecule has 0 radical (unpaired) electrons. The van der Waals surface area contributed by atoms with Gasteiger partial charge < -0.3 is 19.5 Å². The quantitative estimate of drug-likeness (QED) is 0.263. The van der Waals surface area contributed by atoms with E-state index < -0.39 is 0 Å². The largest absolute Gasteiger partial charge is 0.465 e. The molecule has 1 aliphatic heterocycles. The number of ether oxygens (including phenoxy) is 1. The number of methoxy groups -OCH3 is 1. The minimum Gasteiger partial charge on any atom is -0.465 e. The highest BCUT2D eigenvalue weighted by molar-refractivity contribution is 7.80. The topological polar surface area (TPSA) is 59.4 Å². The zero-order chi connectivity index (χ0) is 25.2. The summed E-state index contributed by atoms with van der Waals surface area (Å²) >= 11 is 5.88. The van der Waals surface area contributed by atoms with E-state index in [2.05, 4.69) is 63.9 Å². The number of esters is 1. The molecule has 36 heavy (non-hydrogen) atoms. The molecular weight excluding hydrogens is 468 g/mol. The molecule has 5 rings (SSSR count). The van der Waals surface area contributed by atoms with Crippen molar-refractivity contribution in [2.24, 2.45) is 0 Å². The standard InChI is InChI=1S/C29H28N4O2S/c1-19(2)20-9-15-23(16-10-20)33-27(26(31-29(33)36)24-7-4-5-17-30-24)25-8-6-18-32(25)22-13-11-21(12-14-22)28(34)35-3/h4-19,26-27H,1-3H3,(H,31,36)/t26-,27-/m1/s1. The van der Waals surface area contributed by atoms with Crippen molar-refractivity contribution in [3.05, 3.63) is 114 Å². The Morgan fingerprint density at radius 2 is 1.69 bits per heavy atom. The van der Waals surface area contributed by atoms with Crippen molar-refractivity contribution >= 4 is 29.0 Å². The summed E-state index contributed by atoms with van der Waals surface area (Å²) in [4.78, 5) is 18.8. The van der Waals surface area contributed by atoms with Crippen LogP contribution in [0.15, 0.2) is 91.3 Å². The number of aromatic nitrogens is 2. The summed E-state index contributed by atoms with van der Waals surface area (Å²) in [5, 5.41) is 4.18. The number of hydrogen-bond acceptors (Lipinski definition) is 4. The number of thiocarbonyl (C=S) groups is 1. The molecule has 1 fully saturated rings. The van der Waals surface area contributed by atoms with Crippen molar-refractivity contribution < 1.29 is 9.53 Å². The first kappa shape index (κ1) is 23.8. The molecule has 0 aliphatic carbocycles. The van der Waals surface area contributed by atoms with Crippen LogP contribution in [0.3, 0.4) is 0 Å². The Kier molecular flexibility index (Phi) is 6.57. The highest BCUT2D eigenvalue weighted by Gasteiger charge is 2.42. The Morgan fingerprint density at radius 3 is 2.33 bits per heavy atom. The number of rotatable bonds is 6. The van der Waals surface area contributed by atoms with Crippen molar-refractivity contribution in [2.45, 2.75) is 31.8 Å². The molecule has 0 saturated carbocycles. The lowest BCUT2D eigenvalue weighted by Crippen LogP contribution is -2.30. The second-order valence-electron chi connectivity index (χ2n) is 9.08. The van der Waals surface area contributed by atoms with Crippen LogP contribution < -0.4 is 10.2 Å². The van der Waals surface area contributed by atoms with Crippen molar-refractivity contribution in [3.63, 3.8) is 0 Å². The number of nitrogens with one attached hydrogen (secondary N) is 1. The average Bonchev–Trinajstić information content (AvgIpc) is 3.53. The average molecular weight is 497 g/mol. The molecular formula is C29H28N4O2S. The van der Waals surface area contributed by atoms with E-state index in [1.165, 1.54) is 12.7 Å². The maximum absolute atomic E-state index is 11.9. The van der Waals surface area contributed by atoms with Gasteiger partial charge in [0.1, 0.15) is 6.04 Å². The van der Waals surface area contributed by atoms with Gasteiger partial charge in [0.2, 0.25) is 0 Å². The van der Waals surface area contributed by atoms with Crippen LogP contribution in [0.5, 0.6) is 0 Å². The molecule has 4 aromatic rings. The number of nitrogens with zero attached hydrogens (tertiary/aromatic N) is 3. The lowest BCUT2D eigenvalue weighted by molar-refractivity contribution is 0.0600. The summed E-state index contributed by atoms with van der Waals surface area (Å²) in [6.07, 6.45) is 3.83. The van der Waals surface area contributed by atoms with Gasteiger partial charge in [-0.1, -0.05) is 32.0 Å². The van der Waals surface area contributed by atoms with Crippen LogP contribution >= 0.6 is 12.2 Å². The SMILES string of the molecule is COC(=O)c1ccc(-n2cccc2[C@@H]2[C@@H](c3ccccn3)NC(=S)N2c2ccc(C(C)C)cc2)cc1. The van der Waals surface area contributed by atoms with E-state index in [-0.39, 0.29) is 18.1 Å². The van der Waals surface area contributed by atoms with Crippen molar-refractivity contribution in [2.75, 3.05) is 12.0 Å². The monoisotopic (exact) mass is 496 g/mol. The van der Waals surface area contributed by atoms with Crippen LogP contribution in [0.2, 0.25) is 0 Å². The fraction of sp³-hybridized carbons (Fsp3) is 0.207. The minimum atomic E-state index is -0.356. The Labute approximate surface area is 216 Å². The number of benzene rings is 2. The Bertz CT molecular complexity index is 1360. The van der Waals surface area contributed by atoms with Crippen LogP contribution in [0.4, 0.5) is 5.69 Å². The zero-order valence-corrected chi connectivity index (χ0v) is 21.3. The second kappa shape index (κ2) is 9.95. The predicted molar refractivity (Wildman–Crippen MR) is 146 cm³/mol. The third-order valence-corrected chi connectivity index (χ3v) is 6.90. The van der Waals surface area contributed by atoms with E-state index in [0.29, 0.717) is 16.6 Å². The van der Waals surface area contributed by atoms with Gasteiger partial charge in [-0.25, -0.2) is 4.79 Å². The van der Waals surface area contributed by atoms with Crippen molar-refractivity contribution in [1.29, 1.82) is 0 Å². The molecule has 182 valence electrons. The molecule has 6 nitrogen and oxygen atoms in total. The van der Waals surface area contributed by atoms with E-state index in [1.807, 2.05) is 48.8 Å². The van der Waals surface area contributed by atoms with E-state index in [0.717, 1.165) is 22.8 Å². The first-order chi connectivity index (χ1) is 17.5. The molecule has 1 N–H and O–H groups in total. The van der Waals surface area contributed by atoms with Gasteiger partial charge in [0, 0.05) is 29.5 Å². The Balaban J connectivity index is 1.60. The summed E-state index contributed by atoms with van der Waals surface area (Å²) < 4.78 is 6.98. The number of hydrogen-bond donors (Lipinski definition) is 1. The zero-order valence-electron chi connectivity index (χ0n) is 20.5. The molecule has 1 saturated heterocycles. The molecule has 0 amide bonds. The van der Waals surface area contributed by atoms with Gasteiger partial charge in [-0.3, -0.25) is 4.98 Å². The minimum absolute atomic E-state index is 0.146. The molecule has 2 aromatic carbocycles. The summed E-state index contributed by atoms with van der Waals surface area (Å²) in [7, 11) is 1.39. The van der Waals surface area contributed by atoms with Gasteiger partial charge in [0.15, 0.2) is 5.11 Å². The fourth-order valence-electron chi connectivity index (χ4n) is 4.70. The van der Waals surface area contributed by atoms with Crippen LogP contribution in [-0.2, 0) is 4.74 Å². The number of carbonyl (C=O) groups excluding carboxylic acids is 1. The predicted octanol–water partition coefficient (Wildman–Crippen LogP) is 5.96. The van der Waals surface area contributed by atoms with E-state index in [4.69, 9.17) is 17.0 Å². The maximum atomic E-state index is 11.9. The first-order valence-electron chi connectivity index (χ1n) is 11.9. The van der Waals surface area contributed by atoms with E-state index >= 15 is 0 Å². The summed E-state index contributed by atoms with van der Waals surface area (Å²) in [6, 6.07) is 25.8. The number of pyridine rings is 1. The van der Waals surface area contributed by atoms with Crippen LogP contribution in [0, 0.1) is 0 Å². The third kappa shape index (κ3) is 4.38. The van der Waals surface area contributed by atoms with Crippen LogP contribution in [0.1, 0.15) is 59.2 Å². The van der Waals surface area contributed by atoms with Gasteiger partial charge in [-0.2, -0.15) is 0 Å². The lowest BCUT2D eigenvalue weighted by atomic mass is 9.99. The Hall–Kier alpha value is -3.97. The molecule has 7 heteroatoms. The molecule has 2 atom stereocenters. The molecule has 2 aromatic heterocycles. The third-order valence-electron chi connectivity index (χ3n) is 6.59. The van der Waals surface area contributed by atoms with Gasteiger partial charge in [-0.15, -0.1) is 0 Å². The molecule has 1 aliphatic rings.